The highest BCUT2D eigenvalue weighted by Crippen LogP contribution is 2.19. The lowest BCUT2D eigenvalue weighted by atomic mass is 9.93. The molecule has 1 rings (SSSR count). The quantitative estimate of drug-likeness (QED) is 0.706. The Balaban J connectivity index is 2.87. The number of alkyl halides is 1. The van der Waals surface area contributed by atoms with Gasteiger partial charge in [0.1, 0.15) is 6.67 Å². The van der Waals surface area contributed by atoms with E-state index in [1.807, 2.05) is 6.20 Å². The minimum Gasteiger partial charge on any atom is -0.249 e. The SMILES string of the molecule is C[C@@H](CF)n1cc(C(C)(C)C)nn1. The summed E-state index contributed by atoms with van der Waals surface area (Å²) in [6.07, 6.45) is 1.81. The number of nitrogens with zero attached hydrogens (tertiary/aromatic N) is 3. The molecule has 0 N–H and O–H groups in total. The predicted molar refractivity (Wildman–Crippen MR) is 49.4 cm³/mol. The molecule has 0 aliphatic heterocycles. The maximum Gasteiger partial charge on any atom is 0.112 e. The standard InChI is InChI=1S/C9H16FN3/c1-7(5-10)13-6-8(11-12-13)9(2,3)4/h6-7H,5H2,1-4H3/t7-/m0/s1. The van der Waals surface area contributed by atoms with Crippen molar-refractivity contribution in [2.45, 2.75) is 39.2 Å². The Morgan fingerprint density at radius 2 is 2.15 bits per heavy atom. The van der Waals surface area contributed by atoms with Gasteiger partial charge in [-0.2, -0.15) is 0 Å². The fraction of sp³-hybridized carbons (Fsp3) is 0.778. The molecular weight excluding hydrogens is 169 g/mol. The van der Waals surface area contributed by atoms with Crippen LogP contribution in [0.1, 0.15) is 39.4 Å². The van der Waals surface area contributed by atoms with Crippen molar-refractivity contribution in [1.29, 1.82) is 0 Å². The van der Waals surface area contributed by atoms with Crippen LogP contribution in [0.25, 0.3) is 0 Å². The average molecular weight is 185 g/mol. The van der Waals surface area contributed by atoms with Gasteiger partial charge in [-0.05, 0) is 6.92 Å². The predicted octanol–water partition coefficient (Wildman–Crippen LogP) is 2.11. The smallest absolute Gasteiger partial charge is 0.112 e. The molecule has 0 saturated heterocycles. The first-order chi connectivity index (χ1) is 5.95. The van der Waals surface area contributed by atoms with Gasteiger partial charge in [0.2, 0.25) is 0 Å². The maximum atomic E-state index is 12.3. The molecule has 0 unspecified atom stereocenters. The van der Waals surface area contributed by atoms with E-state index in [0.29, 0.717) is 0 Å². The average Bonchev–Trinajstić information content (AvgIpc) is 2.50. The van der Waals surface area contributed by atoms with Crippen molar-refractivity contribution in [3.63, 3.8) is 0 Å². The Labute approximate surface area is 77.9 Å². The van der Waals surface area contributed by atoms with Crippen LogP contribution in [0.2, 0.25) is 0 Å². The Bertz CT molecular complexity index is 275. The lowest BCUT2D eigenvalue weighted by molar-refractivity contribution is 0.351. The molecule has 74 valence electrons. The molecule has 0 saturated carbocycles. The van der Waals surface area contributed by atoms with Gasteiger partial charge in [0, 0.05) is 11.6 Å². The Morgan fingerprint density at radius 1 is 1.54 bits per heavy atom. The summed E-state index contributed by atoms with van der Waals surface area (Å²) in [5, 5.41) is 7.88. The number of halogens is 1. The van der Waals surface area contributed by atoms with Crippen molar-refractivity contribution in [2.24, 2.45) is 0 Å². The Morgan fingerprint density at radius 3 is 2.54 bits per heavy atom. The van der Waals surface area contributed by atoms with Gasteiger partial charge >= 0.3 is 0 Å². The zero-order valence-electron chi connectivity index (χ0n) is 8.58. The van der Waals surface area contributed by atoms with Gasteiger partial charge in [-0.15, -0.1) is 5.10 Å². The van der Waals surface area contributed by atoms with Gasteiger partial charge in [-0.3, -0.25) is 0 Å². The summed E-state index contributed by atoms with van der Waals surface area (Å²) >= 11 is 0. The monoisotopic (exact) mass is 185 g/mol. The van der Waals surface area contributed by atoms with Crippen molar-refractivity contribution in [3.05, 3.63) is 11.9 Å². The van der Waals surface area contributed by atoms with Crippen LogP contribution in [-0.4, -0.2) is 21.7 Å². The Kier molecular flexibility index (Phi) is 2.68. The van der Waals surface area contributed by atoms with Crippen molar-refractivity contribution in [3.8, 4) is 0 Å². The van der Waals surface area contributed by atoms with E-state index in [-0.39, 0.29) is 11.5 Å². The normalized spacial score (nSPS) is 14.5. The van der Waals surface area contributed by atoms with Crippen LogP contribution >= 0.6 is 0 Å². The maximum absolute atomic E-state index is 12.3. The van der Waals surface area contributed by atoms with Gasteiger partial charge in [-0.25, -0.2) is 9.07 Å². The highest BCUT2D eigenvalue weighted by atomic mass is 19.1. The second-order valence-corrected chi connectivity index (χ2v) is 4.34. The summed E-state index contributed by atoms with van der Waals surface area (Å²) in [7, 11) is 0. The van der Waals surface area contributed by atoms with Crippen molar-refractivity contribution in [2.75, 3.05) is 6.67 Å². The van der Waals surface area contributed by atoms with Gasteiger partial charge in [0.05, 0.1) is 11.7 Å². The first-order valence-electron chi connectivity index (χ1n) is 4.43. The molecule has 0 amide bonds. The fourth-order valence-electron chi connectivity index (χ4n) is 0.906. The number of hydrogen-bond acceptors (Lipinski definition) is 2. The molecule has 4 heteroatoms. The molecule has 0 aromatic carbocycles. The topological polar surface area (TPSA) is 30.7 Å². The highest BCUT2D eigenvalue weighted by Gasteiger charge is 2.18. The minimum absolute atomic E-state index is 0.0196. The van der Waals surface area contributed by atoms with Gasteiger partial charge in [0.15, 0.2) is 0 Å². The second-order valence-electron chi connectivity index (χ2n) is 4.34. The zero-order valence-corrected chi connectivity index (χ0v) is 8.58. The van der Waals surface area contributed by atoms with Crippen LogP contribution in [0.15, 0.2) is 6.20 Å². The number of aromatic nitrogens is 3. The third-order valence-corrected chi connectivity index (χ3v) is 1.95. The molecule has 1 atom stereocenters. The van der Waals surface area contributed by atoms with E-state index >= 15 is 0 Å². The number of hydrogen-bond donors (Lipinski definition) is 0. The second kappa shape index (κ2) is 3.44. The van der Waals surface area contributed by atoms with Crippen molar-refractivity contribution >= 4 is 0 Å². The highest BCUT2D eigenvalue weighted by molar-refractivity contribution is 5.06. The molecule has 0 radical (unpaired) electrons. The molecule has 0 bridgehead atoms. The van der Waals surface area contributed by atoms with Crippen molar-refractivity contribution in [1.82, 2.24) is 15.0 Å². The molecule has 1 aromatic heterocycles. The van der Waals surface area contributed by atoms with E-state index in [9.17, 15) is 4.39 Å². The van der Waals surface area contributed by atoms with Crippen LogP contribution < -0.4 is 0 Å². The molecule has 1 aromatic rings. The number of rotatable bonds is 2. The van der Waals surface area contributed by atoms with Gasteiger partial charge in [-0.1, -0.05) is 26.0 Å². The van der Waals surface area contributed by atoms with Crippen molar-refractivity contribution < 1.29 is 4.39 Å². The minimum atomic E-state index is -0.410. The third-order valence-electron chi connectivity index (χ3n) is 1.95. The molecule has 0 fully saturated rings. The van der Waals surface area contributed by atoms with Crippen LogP contribution in [0.4, 0.5) is 4.39 Å². The fourth-order valence-corrected chi connectivity index (χ4v) is 0.906. The summed E-state index contributed by atoms with van der Waals surface area (Å²) in [6.45, 7) is 7.54. The van der Waals surface area contributed by atoms with E-state index in [2.05, 4.69) is 31.1 Å². The van der Waals surface area contributed by atoms with E-state index in [4.69, 9.17) is 0 Å². The van der Waals surface area contributed by atoms with E-state index in [1.165, 1.54) is 0 Å². The molecule has 13 heavy (non-hydrogen) atoms. The van der Waals surface area contributed by atoms with E-state index in [1.54, 1.807) is 11.6 Å². The molecule has 0 aliphatic rings. The molecular formula is C9H16FN3. The summed E-state index contributed by atoms with van der Waals surface area (Å²) in [5.74, 6) is 0. The zero-order chi connectivity index (χ0) is 10.1. The van der Waals surface area contributed by atoms with Gasteiger partial charge in [0.25, 0.3) is 0 Å². The third kappa shape index (κ3) is 2.26. The lowest BCUT2D eigenvalue weighted by Crippen LogP contribution is -2.11. The van der Waals surface area contributed by atoms with Crippen LogP contribution in [0.5, 0.6) is 0 Å². The van der Waals surface area contributed by atoms with E-state index in [0.717, 1.165) is 5.69 Å². The van der Waals surface area contributed by atoms with Crippen LogP contribution in [-0.2, 0) is 5.41 Å². The molecule has 1 heterocycles. The first kappa shape index (κ1) is 10.2. The lowest BCUT2D eigenvalue weighted by Gasteiger charge is -2.13. The first-order valence-corrected chi connectivity index (χ1v) is 4.43. The van der Waals surface area contributed by atoms with E-state index < -0.39 is 6.67 Å². The van der Waals surface area contributed by atoms with Crippen LogP contribution in [0, 0.1) is 0 Å². The van der Waals surface area contributed by atoms with Crippen LogP contribution in [0.3, 0.4) is 0 Å². The summed E-state index contributed by atoms with van der Waals surface area (Å²) in [5.41, 5.74) is 0.877. The Hall–Kier alpha value is -0.930. The molecule has 3 nitrogen and oxygen atoms in total. The largest absolute Gasteiger partial charge is 0.249 e. The summed E-state index contributed by atoms with van der Waals surface area (Å²) in [4.78, 5) is 0. The molecule has 0 spiro atoms. The summed E-state index contributed by atoms with van der Waals surface area (Å²) in [6, 6.07) is -0.219. The summed E-state index contributed by atoms with van der Waals surface area (Å²) < 4.78 is 13.9. The molecule has 0 aliphatic carbocycles. The van der Waals surface area contributed by atoms with Gasteiger partial charge < -0.3 is 0 Å².